The fourth-order valence-electron chi connectivity index (χ4n) is 2.77. The van der Waals surface area contributed by atoms with Crippen LogP contribution in [0.4, 0.5) is 0 Å². The molecular weight excluding hydrogens is 186 g/mol. The van der Waals surface area contributed by atoms with Gasteiger partial charge in [-0.05, 0) is 26.8 Å². The van der Waals surface area contributed by atoms with Crippen molar-refractivity contribution in [1.82, 2.24) is 14.7 Å². The normalized spacial score (nSPS) is 27.2. The van der Waals surface area contributed by atoms with Gasteiger partial charge >= 0.3 is 0 Å². The van der Waals surface area contributed by atoms with Crippen LogP contribution >= 0.6 is 0 Å². The minimum Gasteiger partial charge on any atom is -0.306 e. The number of nitrogens with zero attached hydrogens (tertiary/aromatic N) is 3. The molecule has 0 bridgehead atoms. The van der Waals surface area contributed by atoms with E-state index in [0.717, 1.165) is 12.0 Å². The Balaban J connectivity index is 1.65. The van der Waals surface area contributed by atoms with Gasteiger partial charge in [-0.15, -0.1) is 0 Å². The summed E-state index contributed by atoms with van der Waals surface area (Å²) in [5, 5.41) is 0. The molecule has 0 saturated carbocycles. The maximum absolute atomic E-state index is 2.65. The summed E-state index contributed by atoms with van der Waals surface area (Å²) in [4.78, 5) is 7.65. The Bertz CT molecular complexity index is 191. The Labute approximate surface area is 94.0 Å². The standard InChI is InChI=1S/C12H25N3/c1-11(2)15-6-4-14(5-7-15)10-12-8-13(3)9-12/h11-12H,4-10H2,1-3H3. The Morgan fingerprint density at radius 3 is 2.13 bits per heavy atom. The predicted octanol–water partition coefficient (Wildman–Crippen LogP) is 0.574. The van der Waals surface area contributed by atoms with Gasteiger partial charge in [0.25, 0.3) is 0 Å². The maximum atomic E-state index is 2.65. The van der Waals surface area contributed by atoms with Crippen molar-refractivity contribution in [2.75, 3.05) is 52.9 Å². The van der Waals surface area contributed by atoms with Crippen molar-refractivity contribution < 1.29 is 0 Å². The molecule has 0 amide bonds. The van der Waals surface area contributed by atoms with E-state index in [1.807, 2.05) is 0 Å². The van der Waals surface area contributed by atoms with Gasteiger partial charge in [-0.2, -0.15) is 0 Å². The molecule has 0 radical (unpaired) electrons. The van der Waals surface area contributed by atoms with E-state index in [9.17, 15) is 0 Å². The summed E-state index contributed by atoms with van der Waals surface area (Å²) < 4.78 is 0. The van der Waals surface area contributed by atoms with Gasteiger partial charge in [-0.1, -0.05) is 0 Å². The van der Waals surface area contributed by atoms with Crippen LogP contribution in [0.3, 0.4) is 0 Å². The van der Waals surface area contributed by atoms with Gasteiger partial charge in [0.2, 0.25) is 0 Å². The number of likely N-dealkylation sites (tertiary alicyclic amines) is 1. The molecule has 0 spiro atoms. The summed E-state index contributed by atoms with van der Waals surface area (Å²) in [7, 11) is 2.22. The molecule has 2 rings (SSSR count). The van der Waals surface area contributed by atoms with Crippen LogP contribution in [0, 0.1) is 5.92 Å². The van der Waals surface area contributed by atoms with E-state index >= 15 is 0 Å². The first-order valence-electron chi connectivity index (χ1n) is 6.30. The fraction of sp³-hybridized carbons (Fsp3) is 1.00. The molecule has 0 unspecified atom stereocenters. The van der Waals surface area contributed by atoms with Gasteiger partial charge in [0, 0.05) is 51.9 Å². The number of piperazine rings is 1. The molecule has 88 valence electrons. The van der Waals surface area contributed by atoms with Crippen LogP contribution < -0.4 is 0 Å². The second-order valence-electron chi connectivity index (χ2n) is 5.52. The van der Waals surface area contributed by atoms with Crippen LogP contribution in [-0.2, 0) is 0 Å². The van der Waals surface area contributed by atoms with E-state index in [0.29, 0.717) is 0 Å². The molecule has 15 heavy (non-hydrogen) atoms. The summed E-state index contributed by atoms with van der Waals surface area (Å²) in [6.45, 7) is 13.6. The smallest absolute Gasteiger partial charge is 0.0113 e. The van der Waals surface area contributed by atoms with Crippen molar-refractivity contribution in [3.63, 3.8) is 0 Å². The molecular formula is C12H25N3. The second kappa shape index (κ2) is 4.81. The molecule has 0 aromatic rings. The number of hydrogen-bond acceptors (Lipinski definition) is 3. The van der Waals surface area contributed by atoms with Crippen LogP contribution in [0.5, 0.6) is 0 Å². The van der Waals surface area contributed by atoms with Crippen LogP contribution in [-0.4, -0.2) is 73.6 Å². The molecule has 0 aromatic carbocycles. The van der Waals surface area contributed by atoms with Crippen molar-refractivity contribution in [2.45, 2.75) is 19.9 Å². The van der Waals surface area contributed by atoms with E-state index in [2.05, 4.69) is 35.6 Å². The van der Waals surface area contributed by atoms with Gasteiger partial charge in [0.1, 0.15) is 0 Å². The van der Waals surface area contributed by atoms with Crippen LogP contribution in [0.2, 0.25) is 0 Å². The Morgan fingerprint density at radius 2 is 1.67 bits per heavy atom. The van der Waals surface area contributed by atoms with Crippen LogP contribution in [0.1, 0.15) is 13.8 Å². The molecule has 2 aliphatic heterocycles. The first-order chi connectivity index (χ1) is 7.15. The lowest BCUT2D eigenvalue weighted by molar-refractivity contribution is 0.0538. The topological polar surface area (TPSA) is 9.72 Å². The summed E-state index contributed by atoms with van der Waals surface area (Å²) in [5.41, 5.74) is 0. The zero-order valence-corrected chi connectivity index (χ0v) is 10.4. The maximum Gasteiger partial charge on any atom is 0.0113 e. The average Bonchev–Trinajstić information content (AvgIpc) is 2.16. The van der Waals surface area contributed by atoms with Crippen molar-refractivity contribution >= 4 is 0 Å². The molecule has 0 atom stereocenters. The lowest BCUT2D eigenvalue weighted by Crippen LogP contribution is -2.54. The molecule has 3 heteroatoms. The highest BCUT2D eigenvalue weighted by molar-refractivity contribution is 4.82. The summed E-state index contributed by atoms with van der Waals surface area (Å²) in [6.07, 6.45) is 0. The first kappa shape index (κ1) is 11.4. The first-order valence-corrected chi connectivity index (χ1v) is 6.30. The second-order valence-corrected chi connectivity index (χ2v) is 5.52. The molecule has 3 nitrogen and oxygen atoms in total. The predicted molar refractivity (Wildman–Crippen MR) is 64.1 cm³/mol. The molecule has 0 aliphatic carbocycles. The average molecular weight is 211 g/mol. The summed E-state index contributed by atoms with van der Waals surface area (Å²) in [6, 6.07) is 0.724. The molecule has 2 saturated heterocycles. The van der Waals surface area contributed by atoms with E-state index in [1.54, 1.807) is 0 Å². The van der Waals surface area contributed by atoms with Crippen molar-refractivity contribution in [1.29, 1.82) is 0 Å². The van der Waals surface area contributed by atoms with Crippen LogP contribution in [0.25, 0.3) is 0 Å². The van der Waals surface area contributed by atoms with Gasteiger partial charge in [0.05, 0.1) is 0 Å². The molecule has 0 N–H and O–H groups in total. The zero-order valence-electron chi connectivity index (χ0n) is 10.4. The van der Waals surface area contributed by atoms with Crippen molar-refractivity contribution in [3.8, 4) is 0 Å². The molecule has 2 aliphatic rings. The van der Waals surface area contributed by atoms with Gasteiger partial charge in [-0.25, -0.2) is 0 Å². The third-order valence-corrected chi connectivity index (χ3v) is 3.79. The molecule has 0 aromatic heterocycles. The minimum absolute atomic E-state index is 0.724. The lowest BCUT2D eigenvalue weighted by atomic mass is 10.0. The van der Waals surface area contributed by atoms with Crippen molar-refractivity contribution in [2.24, 2.45) is 5.92 Å². The molecule has 2 heterocycles. The zero-order chi connectivity index (χ0) is 10.8. The largest absolute Gasteiger partial charge is 0.306 e. The van der Waals surface area contributed by atoms with Crippen LogP contribution in [0.15, 0.2) is 0 Å². The summed E-state index contributed by atoms with van der Waals surface area (Å²) >= 11 is 0. The Hall–Kier alpha value is -0.120. The highest BCUT2D eigenvalue weighted by Gasteiger charge is 2.27. The van der Waals surface area contributed by atoms with E-state index in [-0.39, 0.29) is 0 Å². The quantitative estimate of drug-likeness (QED) is 0.676. The highest BCUT2D eigenvalue weighted by Crippen LogP contribution is 2.15. The van der Waals surface area contributed by atoms with Gasteiger partial charge < -0.3 is 9.80 Å². The van der Waals surface area contributed by atoms with Gasteiger partial charge in [0.15, 0.2) is 0 Å². The summed E-state index contributed by atoms with van der Waals surface area (Å²) in [5.74, 6) is 0.945. The Morgan fingerprint density at radius 1 is 1.07 bits per heavy atom. The third kappa shape index (κ3) is 2.92. The SMILES string of the molecule is CC(C)N1CCN(CC2CN(C)C2)CC1. The molecule has 2 fully saturated rings. The highest BCUT2D eigenvalue weighted by atomic mass is 15.3. The van der Waals surface area contributed by atoms with Crippen molar-refractivity contribution in [3.05, 3.63) is 0 Å². The number of rotatable bonds is 3. The van der Waals surface area contributed by atoms with E-state index < -0.39 is 0 Å². The van der Waals surface area contributed by atoms with E-state index in [4.69, 9.17) is 0 Å². The Kier molecular flexibility index (Phi) is 3.65. The fourth-order valence-corrected chi connectivity index (χ4v) is 2.77. The lowest BCUT2D eigenvalue weighted by Gasteiger charge is -2.42. The number of hydrogen-bond donors (Lipinski definition) is 0. The van der Waals surface area contributed by atoms with Gasteiger partial charge in [-0.3, -0.25) is 4.90 Å². The van der Waals surface area contributed by atoms with E-state index in [1.165, 1.54) is 45.8 Å². The third-order valence-electron chi connectivity index (χ3n) is 3.79. The minimum atomic E-state index is 0.724. The monoisotopic (exact) mass is 211 g/mol.